The van der Waals surface area contributed by atoms with E-state index in [4.69, 9.17) is 5.73 Å². The van der Waals surface area contributed by atoms with Gasteiger partial charge in [-0.05, 0) is 56.5 Å². The number of likely N-dealkylation sites (tertiary alicyclic amines) is 1. The van der Waals surface area contributed by atoms with Crippen LogP contribution in [0.4, 0.5) is 4.39 Å². The number of fused-ring (bicyclic) bond motifs is 1. The van der Waals surface area contributed by atoms with Crippen molar-refractivity contribution in [2.24, 2.45) is 5.73 Å². The number of primary amides is 1. The summed E-state index contributed by atoms with van der Waals surface area (Å²) >= 11 is 0. The minimum Gasteiger partial charge on any atom is -0.396 e. The molecule has 31 heavy (non-hydrogen) atoms. The average molecular weight is 426 g/mol. The maximum absolute atomic E-state index is 12.0. The Morgan fingerprint density at radius 1 is 1.16 bits per heavy atom. The van der Waals surface area contributed by atoms with E-state index in [9.17, 15) is 14.3 Å². The number of rotatable bonds is 5. The van der Waals surface area contributed by atoms with Crippen LogP contribution in [0, 0.1) is 12.7 Å². The van der Waals surface area contributed by atoms with Crippen LogP contribution in [0.5, 0.6) is 0 Å². The molecule has 166 valence electrons. The van der Waals surface area contributed by atoms with Gasteiger partial charge < -0.3 is 20.3 Å². The largest absolute Gasteiger partial charge is 0.396 e. The van der Waals surface area contributed by atoms with Gasteiger partial charge in [0.2, 0.25) is 0 Å². The summed E-state index contributed by atoms with van der Waals surface area (Å²) in [6.07, 6.45) is 2.79. The lowest BCUT2D eigenvalue weighted by Gasteiger charge is -2.33. The molecule has 2 aromatic carbocycles. The lowest BCUT2D eigenvalue weighted by Crippen LogP contribution is -2.34. The predicted octanol–water partition coefficient (Wildman–Crippen LogP) is 4.07. The van der Waals surface area contributed by atoms with Gasteiger partial charge in [0.25, 0.3) is 5.91 Å². The van der Waals surface area contributed by atoms with E-state index in [1.807, 2.05) is 19.1 Å². The molecule has 0 bridgehead atoms. The Balaban J connectivity index is 0.000000330. The fourth-order valence-electron chi connectivity index (χ4n) is 4.46. The van der Waals surface area contributed by atoms with Gasteiger partial charge in [-0.25, -0.2) is 4.39 Å². The van der Waals surface area contributed by atoms with Crippen LogP contribution in [0.3, 0.4) is 0 Å². The zero-order valence-corrected chi connectivity index (χ0v) is 18.4. The van der Waals surface area contributed by atoms with Crippen molar-refractivity contribution in [1.82, 2.24) is 9.47 Å². The Kier molecular flexibility index (Phi) is 7.82. The van der Waals surface area contributed by atoms with Crippen LogP contribution in [0.1, 0.15) is 47.4 Å². The second-order valence-corrected chi connectivity index (χ2v) is 7.98. The van der Waals surface area contributed by atoms with Gasteiger partial charge >= 0.3 is 0 Å². The third-order valence-corrected chi connectivity index (χ3v) is 6.06. The van der Waals surface area contributed by atoms with Crippen LogP contribution in [0.25, 0.3) is 10.9 Å². The first kappa shape index (κ1) is 23.0. The lowest BCUT2D eigenvalue weighted by molar-refractivity contribution is 0.100. The zero-order valence-electron chi connectivity index (χ0n) is 18.4. The molecule has 4 rings (SSSR count). The van der Waals surface area contributed by atoms with Crippen LogP contribution in [-0.2, 0) is 6.42 Å². The number of nitrogens with two attached hydrogens (primary N) is 1. The van der Waals surface area contributed by atoms with E-state index in [2.05, 4.69) is 22.5 Å². The van der Waals surface area contributed by atoms with Gasteiger partial charge in [0, 0.05) is 42.3 Å². The second-order valence-electron chi connectivity index (χ2n) is 7.98. The van der Waals surface area contributed by atoms with Crippen molar-refractivity contribution in [2.45, 2.75) is 39.2 Å². The van der Waals surface area contributed by atoms with Gasteiger partial charge in [0.1, 0.15) is 5.82 Å². The number of amides is 1. The first-order valence-corrected chi connectivity index (χ1v) is 10.9. The van der Waals surface area contributed by atoms with Crippen LogP contribution >= 0.6 is 0 Å². The van der Waals surface area contributed by atoms with Crippen molar-refractivity contribution in [3.05, 3.63) is 71.2 Å². The molecule has 2 heterocycles. The van der Waals surface area contributed by atoms with E-state index < -0.39 is 0 Å². The number of halogens is 1. The van der Waals surface area contributed by atoms with Crippen LogP contribution in [0.15, 0.2) is 48.5 Å². The first-order chi connectivity index (χ1) is 15.0. The van der Waals surface area contributed by atoms with Crippen molar-refractivity contribution in [3.8, 4) is 0 Å². The first-order valence-electron chi connectivity index (χ1n) is 10.9. The van der Waals surface area contributed by atoms with Crippen LogP contribution in [0.2, 0.25) is 0 Å². The summed E-state index contributed by atoms with van der Waals surface area (Å²) in [5.41, 5.74) is 9.43. The van der Waals surface area contributed by atoms with E-state index in [-0.39, 0.29) is 18.3 Å². The number of aliphatic hydroxyl groups is 1. The van der Waals surface area contributed by atoms with Crippen LogP contribution < -0.4 is 5.73 Å². The fraction of sp³-hybridized carbons (Fsp3) is 0.400. The summed E-state index contributed by atoms with van der Waals surface area (Å²) in [7, 11) is 0. The third-order valence-electron chi connectivity index (χ3n) is 6.06. The number of aromatic nitrogens is 1. The quantitative estimate of drug-likeness (QED) is 0.647. The van der Waals surface area contributed by atoms with E-state index in [0.717, 1.165) is 54.6 Å². The second kappa shape index (κ2) is 10.6. The third kappa shape index (κ3) is 5.32. The highest BCUT2D eigenvalue weighted by Crippen LogP contribution is 2.34. The summed E-state index contributed by atoms with van der Waals surface area (Å²) in [5.74, 6) is -0.542. The highest BCUT2D eigenvalue weighted by atomic mass is 19.1. The molecule has 0 aliphatic carbocycles. The Labute approximate surface area is 183 Å². The number of carbonyl (C=O) groups is 1. The molecule has 1 amide bonds. The smallest absolute Gasteiger partial charge is 0.251 e. The van der Waals surface area contributed by atoms with Gasteiger partial charge in [-0.15, -0.1) is 0 Å². The molecule has 3 aromatic rings. The predicted molar refractivity (Wildman–Crippen MR) is 123 cm³/mol. The monoisotopic (exact) mass is 425 g/mol. The molecule has 0 spiro atoms. The van der Waals surface area contributed by atoms with Crippen LogP contribution in [-0.4, -0.2) is 46.7 Å². The molecular weight excluding hydrogens is 393 g/mol. The Bertz CT molecular complexity index is 1010. The summed E-state index contributed by atoms with van der Waals surface area (Å²) < 4.78 is 14.2. The lowest BCUT2D eigenvalue weighted by atomic mass is 10.0. The number of hydrogen-bond donors (Lipinski definition) is 2. The molecule has 0 saturated carbocycles. The molecule has 1 aliphatic heterocycles. The fourth-order valence-corrected chi connectivity index (χ4v) is 4.46. The molecule has 0 radical (unpaired) electrons. The van der Waals surface area contributed by atoms with Crippen molar-refractivity contribution in [3.63, 3.8) is 0 Å². The highest BCUT2D eigenvalue weighted by Gasteiger charge is 2.26. The van der Waals surface area contributed by atoms with Crippen molar-refractivity contribution in [2.75, 3.05) is 26.2 Å². The zero-order chi connectivity index (χ0) is 22.4. The Morgan fingerprint density at radius 3 is 2.35 bits per heavy atom. The van der Waals surface area contributed by atoms with Gasteiger partial charge in [-0.3, -0.25) is 4.79 Å². The molecule has 1 aliphatic rings. The number of carbonyl (C=O) groups excluding carboxylic acids is 1. The molecule has 1 aromatic heterocycles. The van der Waals surface area contributed by atoms with Crippen molar-refractivity contribution < 1.29 is 14.3 Å². The summed E-state index contributed by atoms with van der Waals surface area (Å²) in [5, 5.41) is 10.2. The molecule has 6 heteroatoms. The van der Waals surface area contributed by atoms with Gasteiger partial charge in [0.05, 0.1) is 5.56 Å². The number of benzene rings is 2. The van der Waals surface area contributed by atoms with E-state index in [1.165, 1.54) is 12.1 Å². The molecule has 3 N–H and O–H groups in total. The molecular formula is C25H32FN3O2. The number of piperidine rings is 1. The number of hydrogen-bond acceptors (Lipinski definition) is 3. The summed E-state index contributed by atoms with van der Waals surface area (Å²) in [6, 6.07) is 14.4. The summed E-state index contributed by atoms with van der Waals surface area (Å²) in [6.45, 7) is 7.58. The minimum absolute atomic E-state index is 0.128. The van der Waals surface area contributed by atoms with Crippen molar-refractivity contribution in [1.29, 1.82) is 0 Å². The standard InChI is InChI=1S/C19H27N3O2.C6H5F/c1-3-21-9-6-15(7-10-21)22-13(2)18(19(20)24)16-5-4-14(8-11-23)12-17(16)22;7-6-4-2-1-3-5-6/h4-5,12,15,23H,3,6-11H2,1-2H3,(H2,20,24);1-5H. The van der Waals surface area contributed by atoms with E-state index in [1.54, 1.807) is 18.2 Å². The average Bonchev–Trinajstić information content (AvgIpc) is 3.06. The molecule has 5 nitrogen and oxygen atoms in total. The molecule has 0 atom stereocenters. The molecule has 1 fully saturated rings. The van der Waals surface area contributed by atoms with Crippen molar-refractivity contribution >= 4 is 16.8 Å². The van der Waals surface area contributed by atoms with Gasteiger partial charge in [0.15, 0.2) is 0 Å². The Hall–Kier alpha value is -2.70. The minimum atomic E-state index is -0.364. The molecule has 1 saturated heterocycles. The van der Waals surface area contributed by atoms with E-state index in [0.29, 0.717) is 18.0 Å². The Morgan fingerprint density at radius 2 is 1.84 bits per heavy atom. The number of nitrogens with zero attached hydrogens (tertiary/aromatic N) is 2. The maximum Gasteiger partial charge on any atom is 0.251 e. The van der Waals surface area contributed by atoms with E-state index >= 15 is 0 Å². The highest BCUT2D eigenvalue weighted by molar-refractivity contribution is 6.07. The number of aliphatic hydroxyl groups excluding tert-OH is 1. The normalized spacial score (nSPS) is 15.0. The summed E-state index contributed by atoms with van der Waals surface area (Å²) in [4.78, 5) is 14.5. The maximum atomic E-state index is 12.0. The SMILES string of the molecule is CCN1CCC(n2c(C)c(C(N)=O)c3ccc(CCO)cc32)CC1.Fc1ccccc1. The molecule has 0 unspecified atom stereocenters. The topological polar surface area (TPSA) is 71.5 Å². The van der Waals surface area contributed by atoms with Gasteiger partial charge in [-0.1, -0.05) is 37.3 Å². The van der Waals surface area contributed by atoms with Gasteiger partial charge in [-0.2, -0.15) is 0 Å².